The molecule has 0 radical (unpaired) electrons. The molecule has 1 aromatic carbocycles. The van der Waals surface area contributed by atoms with Gasteiger partial charge in [0.15, 0.2) is 11.6 Å². The molecule has 2 bridgehead atoms. The topological polar surface area (TPSA) is 96.3 Å². The van der Waals surface area contributed by atoms with Crippen molar-refractivity contribution in [3.8, 4) is 34.0 Å². The second kappa shape index (κ2) is 8.65. The highest BCUT2D eigenvalue weighted by atomic mass is 19.1. The van der Waals surface area contributed by atoms with Crippen molar-refractivity contribution in [3.63, 3.8) is 0 Å². The molecule has 0 saturated carbocycles. The third kappa shape index (κ3) is 4.15. The summed E-state index contributed by atoms with van der Waals surface area (Å²) in [7, 11) is 1.84. The minimum atomic E-state index is -0.957. The van der Waals surface area contributed by atoms with Crippen LogP contribution < -0.4 is 15.0 Å². The van der Waals surface area contributed by atoms with Crippen LogP contribution in [0.25, 0.3) is 22.5 Å². The third-order valence-electron chi connectivity index (χ3n) is 7.81. The number of phenols is 1. The van der Waals surface area contributed by atoms with Crippen LogP contribution in [-0.2, 0) is 6.42 Å². The number of ether oxygens (including phenoxy) is 1. The number of piperidine rings is 1. The second-order valence-corrected chi connectivity index (χ2v) is 10.8. The number of pyridine rings is 1. The number of nitrogens with zero attached hydrogens (tertiary/aromatic N) is 5. The molecule has 9 heteroatoms. The highest BCUT2D eigenvalue weighted by molar-refractivity contribution is 5.73. The van der Waals surface area contributed by atoms with Gasteiger partial charge in [-0.2, -0.15) is 0 Å². The van der Waals surface area contributed by atoms with Gasteiger partial charge in [-0.3, -0.25) is 4.98 Å². The van der Waals surface area contributed by atoms with Crippen LogP contribution in [0.5, 0.6) is 11.5 Å². The molecule has 0 spiro atoms. The maximum absolute atomic E-state index is 15.0. The maximum atomic E-state index is 15.0. The summed E-state index contributed by atoms with van der Waals surface area (Å²) in [5.41, 5.74) is 2.90. The molecule has 6 rings (SSSR count). The molecule has 8 nitrogen and oxygen atoms in total. The Morgan fingerprint density at radius 1 is 1.11 bits per heavy atom. The smallest absolute Gasteiger partial charge is 0.185 e. The van der Waals surface area contributed by atoms with E-state index in [1.54, 1.807) is 18.3 Å². The minimum Gasteiger partial charge on any atom is -0.507 e. The molecule has 2 N–H and O–H groups in total. The number of aryl methyl sites for hydroxylation is 1. The van der Waals surface area contributed by atoms with Crippen molar-refractivity contribution in [2.24, 2.45) is 0 Å². The first-order chi connectivity index (χ1) is 17.3. The molecule has 3 aliphatic heterocycles. The van der Waals surface area contributed by atoms with E-state index in [9.17, 15) is 9.50 Å². The fraction of sp³-hybridized carbons (Fsp3) is 0.481. The number of fused-ring (bicyclic) bond motifs is 3. The number of halogens is 1. The van der Waals surface area contributed by atoms with Crippen molar-refractivity contribution in [2.45, 2.75) is 75.8 Å². The summed E-state index contributed by atoms with van der Waals surface area (Å²) in [5.74, 6) is 1.67. The molecule has 0 amide bonds. The minimum absolute atomic E-state index is 0.0492. The third-order valence-corrected chi connectivity index (χ3v) is 7.81. The van der Waals surface area contributed by atoms with Crippen molar-refractivity contribution in [3.05, 3.63) is 42.4 Å². The van der Waals surface area contributed by atoms with Gasteiger partial charge in [-0.15, -0.1) is 10.2 Å². The van der Waals surface area contributed by atoms with Crippen molar-refractivity contribution >= 4 is 5.82 Å². The Morgan fingerprint density at radius 2 is 1.97 bits per heavy atom. The van der Waals surface area contributed by atoms with Gasteiger partial charge in [-0.05, 0) is 69.7 Å². The number of aromatic hydroxyl groups is 1. The molecule has 36 heavy (non-hydrogen) atoms. The van der Waals surface area contributed by atoms with E-state index >= 15 is 0 Å². The Labute approximate surface area is 210 Å². The van der Waals surface area contributed by atoms with Gasteiger partial charge in [0.2, 0.25) is 0 Å². The SMILES string of the molecule is CN(c1cnc(-c2ccc(-c3cnc4c(c3)OC(C)(C)CC4)cc2O)nn1)[C@H]1C[C@@H]2CC[C@@H](N2)[C@H]1F. The molecule has 188 valence electrons. The van der Waals surface area contributed by atoms with Crippen LogP contribution in [-0.4, -0.2) is 62.2 Å². The molecule has 0 unspecified atom stereocenters. The molecule has 3 aromatic rings. The number of hydrogen-bond donors (Lipinski definition) is 2. The molecule has 3 aliphatic rings. The van der Waals surface area contributed by atoms with Gasteiger partial charge >= 0.3 is 0 Å². The van der Waals surface area contributed by atoms with Gasteiger partial charge in [0.1, 0.15) is 23.3 Å². The van der Waals surface area contributed by atoms with Gasteiger partial charge < -0.3 is 20.1 Å². The standard InChI is InChI=1S/C27H31FN6O2/c1-27(2)9-8-19-23(36-27)11-16(13-29-19)15-4-6-18(22(35)10-15)26-30-14-24(32-33-26)34(3)21-12-17-5-7-20(31-17)25(21)28/h4,6,10-11,13-14,17,20-21,25,31,35H,5,7-9,12H2,1-3H3/t17-,20+,21-,25+/m0/s1. The zero-order valence-corrected chi connectivity index (χ0v) is 20.8. The number of anilines is 1. The van der Waals surface area contributed by atoms with E-state index in [0.29, 0.717) is 23.2 Å². The van der Waals surface area contributed by atoms with Crippen molar-refractivity contribution < 1.29 is 14.2 Å². The second-order valence-electron chi connectivity index (χ2n) is 10.8. The molecule has 2 fully saturated rings. The summed E-state index contributed by atoms with van der Waals surface area (Å²) in [4.78, 5) is 10.9. The molecule has 2 saturated heterocycles. The summed E-state index contributed by atoms with van der Waals surface area (Å²) in [5, 5.41) is 22.7. The first kappa shape index (κ1) is 23.1. The summed E-state index contributed by atoms with van der Waals surface area (Å²) in [6.45, 7) is 4.15. The number of nitrogens with one attached hydrogen (secondary N) is 1. The average molecular weight is 491 g/mol. The van der Waals surface area contributed by atoms with Crippen LogP contribution in [0.2, 0.25) is 0 Å². The predicted molar refractivity (Wildman–Crippen MR) is 135 cm³/mol. The molecular weight excluding hydrogens is 459 g/mol. The molecular formula is C27H31FN6O2. The van der Waals surface area contributed by atoms with E-state index in [4.69, 9.17) is 4.74 Å². The number of rotatable bonds is 4. The maximum Gasteiger partial charge on any atom is 0.185 e. The fourth-order valence-corrected chi connectivity index (χ4v) is 5.65. The summed E-state index contributed by atoms with van der Waals surface area (Å²) in [6, 6.07) is 7.34. The van der Waals surface area contributed by atoms with Gasteiger partial charge in [0.25, 0.3) is 0 Å². The molecule has 2 aromatic heterocycles. The first-order valence-corrected chi connectivity index (χ1v) is 12.6. The Kier molecular flexibility index (Phi) is 5.55. The lowest BCUT2D eigenvalue weighted by Crippen LogP contribution is -2.55. The normalized spacial score (nSPS) is 26.2. The van der Waals surface area contributed by atoms with Crippen LogP contribution >= 0.6 is 0 Å². The van der Waals surface area contributed by atoms with Gasteiger partial charge in [0.05, 0.1) is 23.5 Å². The fourth-order valence-electron chi connectivity index (χ4n) is 5.65. The van der Waals surface area contributed by atoms with Crippen molar-refractivity contribution in [2.75, 3.05) is 11.9 Å². The average Bonchev–Trinajstić information content (AvgIpc) is 3.28. The Hall–Kier alpha value is -3.33. The van der Waals surface area contributed by atoms with Gasteiger partial charge in [-0.1, -0.05) is 6.07 Å². The van der Waals surface area contributed by atoms with Crippen LogP contribution in [0.3, 0.4) is 0 Å². The first-order valence-electron chi connectivity index (χ1n) is 12.6. The van der Waals surface area contributed by atoms with E-state index < -0.39 is 6.17 Å². The number of alkyl halides is 1. The Morgan fingerprint density at radius 3 is 2.75 bits per heavy atom. The van der Waals surface area contributed by atoms with Crippen LogP contribution in [0.15, 0.2) is 36.7 Å². The van der Waals surface area contributed by atoms with Gasteiger partial charge in [-0.25, -0.2) is 9.37 Å². The highest BCUT2D eigenvalue weighted by Crippen LogP contribution is 2.37. The largest absolute Gasteiger partial charge is 0.507 e. The number of phenolic OH excluding ortho intramolecular Hbond substituents is 1. The zero-order chi connectivity index (χ0) is 25.0. The van der Waals surface area contributed by atoms with Crippen LogP contribution in [0.4, 0.5) is 10.2 Å². The predicted octanol–water partition coefficient (Wildman–Crippen LogP) is 4.08. The number of hydrogen-bond acceptors (Lipinski definition) is 8. The monoisotopic (exact) mass is 490 g/mol. The van der Waals surface area contributed by atoms with Crippen LogP contribution in [0, 0.1) is 0 Å². The Bertz CT molecular complexity index is 1280. The van der Waals surface area contributed by atoms with Crippen molar-refractivity contribution in [1.82, 2.24) is 25.5 Å². The highest BCUT2D eigenvalue weighted by Gasteiger charge is 2.44. The molecule has 0 aliphatic carbocycles. The Balaban J connectivity index is 1.21. The number of benzene rings is 1. The molecule has 5 heterocycles. The van der Waals surface area contributed by atoms with E-state index in [-0.39, 0.29) is 23.4 Å². The lowest BCUT2D eigenvalue weighted by atomic mass is 9.96. The lowest BCUT2D eigenvalue weighted by molar-refractivity contribution is 0.0831. The summed E-state index contributed by atoms with van der Waals surface area (Å²) in [6.07, 6.45) is 6.88. The van der Waals surface area contributed by atoms with Crippen LogP contribution in [0.1, 0.15) is 45.2 Å². The quantitative estimate of drug-likeness (QED) is 0.565. The van der Waals surface area contributed by atoms with E-state index in [1.165, 1.54) is 0 Å². The van der Waals surface area contributed by atoms with E-state index in [2.05, 4.69) is 39.3 Å². The van der Waals surface area contributed by atoms with E-state index in [1.807, 2.05) is 30.3 Å². The van der Waals surface area contributed by atoms with E-state index in [0.717, 1.165) is 54.7 Å². The summed E-state index contributed by atoms with van der Waals surface area (Å²) >= 11 is 0. The zero-order valence-electron chi connectivity index (χ0n) is 20.8. The van der Waals surface area contributed by atoms with Gasteiger partial charge in [0, 0.05) is 30.9 Å². The molecule has 4 atom stereocenters. The number of aromatic nitrogens is 4. The van der Waals surface area contributed by atoms with Crippen molar-refractivity contribution in [1.29, 1.82) is 0 Å². The summed E-state index contributed by atoms with van der Waals surface area (Å²) < 4.78 is 21.1. The lowest BCUT2D eigenvalue weighted by Gasteiger charge is -2.38.